The lowest BCUT2D eigenvalue weighted by molar-refractivity contribution is 0.276. The first-order valence-corrected chi connectivity index (χ1v) is 7.07. The van der Waals surface area contributed by atoms with Crippen molar-refractivity contribution in [2.45, 2.75) is 45.9 Å². The van der Waals surface area contributed by atoms with Crippen LogP contribution >= 0.6 is 0 Å². The van der Waals surface area contributed by atoms with E-state index in [9.17, 15) is 0 Å². The van der Waals surface area contributed by atoms with Crippen molar-refractivity contribution in [2.24, 2.45) is 7.05 Å². The zero-order valence-electron chi connectivity index (χ0n) is 12.3. The molecule has 1 fully saturated rings. The molecule has 108 valence electrons. The number of hydrogen-bond acceptors (Lipinski definition) is 4. The van der Waals surface area contributed by atoms with Gasteiger partial charge in [-0.25, -0.2) is 4.68 Å². The van der Waals surface area contributed by atoms with E-state index in [1.807, 2.05) is 27.0 Å². The highest BCUT2D eigenvalue weighted by Gasteiger charge is 2.21. The van der Waals surface area contributed by atoms with Crippen LogP contribution in [-0.2, 0) is 20.2 Å². The predicted molar refractivity (Wildman–Crippen MR) is 75.6 cm³/mol. The molecule has 1 N–H and O–H groups in total. The molecule has 0 saturated heterocycles. The van der Waals surface area contributed by atoms with Crippen LogP contribution in [0.1, 0.15) is 35.6 Å². The first-order chi connectivity index (χ1) is 9.61. The molecule has 0 spiro atoms. The highest BCUT2D eigenvalue weighted by Crippen LogP contribution is 2.21. The van der Waals surface area contributed by atoms with Gasteiger partial charge in [0, 0.05) is 24.7 Å². The summed E-state index contributed by atoms with van der Waals surface area (Å²) in [6.45, 7) is 5.25. The Labute approximate surface area is 118 Å². The van der Waals surface area contributed by atoms with Crippen molar-refractivity contribution in [1.29, 1.82) is 0 Å². The Bertz CT molecular complexity index is 596. The fourth-order valence-corrected chi connectivity index (χ4v) is 2.22. The number of furan rings is 1. The fourth-order valence-electron chi connectivity index (χ4n) is 2.22. The predicted octanol–water partition coefficient (Wildman–Crippen LogP) is 2.46. The van der Waals surface area contributed by atoms with Crippen molar-refractivity contribution >= 4 is 0 Å². The normalized spacial score (nSPS) is 14.8. The van der Waals surface area contributed by atoms with Crippen molar-refractivity contribution in [3.05, 3.63) is 34.9 Å². The first-order valence-electron chi connectivity index (χ1n) is 7.07. The molecule has 0 radical (unpaired) electrons. The average Bonchev–Trinajstić information content (AvgIpc) is 3.08. The molecule has 2 heterocycles. The summed E-state index contributed by atoms with van der Waals surface area (Å²) in [7, 11) is 1.88. The molecular weight excluding hydrogens is 254 g/mol. The summed E-state index contributed by atoms with van der Waals surface area (Å²) in [6.07, 6.45) is 2.57. The summed E-state index contributed by atoms with van der Waals surface area (Å²) in [5, 5.41) is 7.72. The van der Waals surface area contributed by atoms with Crippen LogP contribution < -0.4 is 10.1 Å². The Morgan fingerprint density at radius 1 is 1.40 bits per heavy atom. The van der Waals surface area contributed by atoms with Crippen molar-refractivity contribution < 1.29 is 9.15 Å². The van der Waals surface area contributed by atoms with Gasteiger partial charge in [0.05, 0.1) is 12.2 Å². The molecule has 20 heavy (non-hydrogen) atoms. The standard InChI is InChI=1S/C15H21N3O2/c1-10-6-15(18(3)17-10)19-9-12-7-14(20-11(12)2)8-16-13-4-5-13/h6-7,13,16H,4-5,8-9H2,1-3H3. The quantitative estimate of drug-likeness (QED) is 0.880. The number of aromatic nitrogens is 2. The second kappa shape index (κ2) is 5.32. The highest BCUT2D eigenvalue weighted by atomic mass is 16.5. The zero-order valence-corrected chi connectivity index (χ0v) is 12.3. The summed E-state index contributed by atoms with van der Waals surface area (Å²) < 4.78 is 13.3. The smallest absolute Gasteiger partial charge is 0.212 e. The van der Waals surface area contributed by atoms with Crippen LogP contribution in [0.3, 0.4) is 0 Å². The van der Waals surface area contributed by atoms with Gasteiger partial charge in [-0.1, -0.05) is 0 Å². The van der Waals surface area contributed by atoms with Gasteiger partial charge in [-0.2, -0.15) is 5.10 Å². The number of hydrogen-bond donors (Lipinski definition) is 1. The van der Waals surface area contributed by atoms with Crippen LogP contribution in [0, 0.1) is 13.8 Å². The van der Waals surface area contributed by atoms with E-state index in [4.69, 9.17) is 9.15 Å². The van der Waals surface area contributed by atoms with E-state index in [-0.39, 0.29) is 0 Å². The van der Waals surface area contributed by atoms with Gasteiger partial charge in [-0.15, -0.1) is 0 Å². The van der Waals surface area contributed by atoms with E-state index in [0.717, 1.165) is 35.2 Å². The average molecular weight is 275 g/mol. The molecule has 0 aliphatic heterocycles. The molecule has 1 aliphatic carbocycles. The van der Waals surface area contributed by atoms with E-state index < -0.39 is 0 Å². The second-order valence-electron chi connectivity index (χ2n) is 5.49. The van der Waals surface area contributed by atoms with Gasteiger partial charge in [0.2, 0.25) is 5.88 Å². The molecule has 1 saturated carbocycles. The van der Waals surface area contributed by atoms with Crippen molar-refractivity contribution in [1.82, 2.24) is 15.1 Å². The summed E-state index contributed by atoms with van der Waals surface area (Å²) in [6, 6.07) is 4.70. The van der Waals surface area contributed by atoms with Gasteiger partial charge in [-0.05, 0) is 32.8 Å². The van der Waals surface area contributed by atoms with E-state index in [1.54, 1.807) is 4.68 Å². The van der Waals surface area contributed by atoms with Crippen LogP contribution in [0.25, 0.3) is 0 Å². The molecule has 0 aromatic carbocycles. The van der Waals surface area contributed by atoms with E-state index >= 15 is 0 Å². The lowest BCUT2D eigenvalue weighted by Gasteiger charge is -2.04. The minimum Gasteiger partial charge on any atom is -0.473 e. The lowest BCUT2D eigenvalue weighted by Crippen LogP contribution is -2.14. The van der Waals surface area contributed by atoms with Gasteiger partial charge in [0.1, 0.15) is 18.1 Å². The summed E-state index contributed by atoms with van der Waals surface area (Å²) in [5.41, 5.74) is 2.05. The maximum Gasteiger partial charge on any atom is 0.212 e. The number of aryl methyl sites for hydroxylation is 3. The molecular formula is C15H21N3O2. The molecule has 5 nitrogen and oxygen atoms in total. The first kappa shape index (κ1) is 13.2. The maximum atomic E-state index is 5.80. The molecule has 3 rings (SSSR count). The molecule has 5 heteroatoms. The van der Waals surface area contributed by atoms with Crippen LogP contribution in [-0.4, -0.2) is 15.8 Å². The van der Waals surface area contributed by atoms with Crippen molar-refractivity contribution in [3.63, 3.8) is 0 Å². The number of ether oxygens (including phenoxy) is 1. The molecule has 0 amide bonds. The van der Waals surface area contributed by atoms with Crippen molar-refractivity contribution in [2.75, 3.05) is 0 Å². The van der Waals surface area contributed by atoms with Crippen LogP contribution in [0.15, 0.2) is 16.5 Å². The van der Waals surface area contributed by atoms with Gasteiger partial charge >= 0.3 is 0 Å². The third-order valence-corrected chi connectivity index (χ3v) is 3.55. The van der Waals surface area contributed by atoms with Gasteiger partial charge in [-0.3, -0.25) is 0 Å². The van der Waals surface area contributed by atoms with E-state index in [0.29, 0.717) is 12.6 Å². The molecule has 1 aliphatic rings. The minimum atomic E-state index is 0.512. The summed E-state index contributed by atoms with van der Waals surface area (Å²) in [4.78, 5) is 0. The monoisotopic (exact) mass is 275 g/mol. The van der Waals surface area contributed by atoms with Gasteiger partial charge in [0.25, 0.3) is 0 Å². The van der Waals surface area contributed by atoms with Crippen LogP contribution in [0.2, 0.25) is 0 Å². The van der Waals surface area contributed by atoms with Crippen LogP contribution in [0.5, 0.6) is 5.88 Å². The molecule has 0 unspecified atom stereocenters. The summed E-state index contributed by atoms with van der Waals surface area (Å²) in [5.74, 6) is 2.69. The maximum absolute atomic E-state index is 5.80. The second-order valence-corrected chi connectivity index (χ2v) is 5.49. The van der Waals surface area contributed by atoms with Crippen LogP contribution in [0.4, 0.5) is 0 Å². The zero-order chi connectivity index (χ0) is 14.1. The molecule has 2 aromatic rings. The lowest BCUT2D eigenvalue weighted by atomic mass is 10.2. The van der Waals surface area contributed by atoms with E-state index in [2.05, 4.69) is 16.5 Å². The van der Waals surface area contributed by atoms with Gasteiger partial charge < -0.3 is 14.5 Å². The van der Waals surface area contributed by atoms with Gasteiger partial charge in [0.15, 0.2) is 0 Å². The van der Waals surface area contributed by atoms with E-state index in [1.165, 1.54) is 12.8 Å². The Morgan fingerprint density at radius 2 is 2.20 bits per heavy atom. The minimum absolute atomic E-state index is 0.512. The highest BCUT2D eigenvalue weighted by molar-refractivity contribution is 5.22. The summed E-state index contributed by atoms with van der Waals surface area (Å²) >= 11 is 0. The fraction of sp³-hybridized carbons (Fsp3) is 0.533. The number of nitrogens with zero attached hydrogens (tertiary/aromatic N) is 2. The Kier molecular flexibility index (Phi) is 3.53. The number of rotatable bonds is 6. The Morgan fingerprint density at radius 3 is 2.85 bits per heavy atom. The molecule has 0 atom stereocenters. The largest absolute Gasteiger partial charge is 0.473 e. The Hall–Kier alpha value is -1.75. The SMILES string of the molecule is Cc1cc(OCc2cc(CNC3CC3)oc2C)n(C)n1. The molecule has 0 bridgehead atoms. The van der Waals surface area contributed by atoms with Crippen molar-refractivity contribution in [3.8, 4) is 5.88 Å². The number of nitrogens with one attached hydrogen (secondary N) is 1. The third kappa shape index (κ3) is 3.04. The Balaban J connectivity index is 1.60. The topological polar surface area (TPSA) is 52.2 Å². The third-order valence-electron chi connectivity index (χ3n) is 3.55. The molecule has 2 aromatic heterocycles.